The minimum absolute atomic E-state index is 0.0164. The molecule has 0 bridgehead atoms. The average Bonchev–Trinajstić information content (AvgIpc) is 2.63. The Bertz CT molecular complexity index is 816. The molecule has 0 spiro atoms. The number of aryl methyl sites for hydroxylation is 1. The van der Waals surface area contributed by atoms with E-state index in [1.807, 2.05) is 0 Å². The van der Waals surface area contributed by atoms with Crippen LogP contribution in [-0.2, 0) is 6.42 Å². The number of nitrogens with one attached hydrogen (secondary N) is 1. The Labute approximate surface area is 143 Å². The van der Waals surface area contributed by atoms with E-state index in [0.29, 0.717) is 16.6 Å². The third-order valence-electron chi connectivity index (χ3n) is 3.63. The van der Waals surface area contributed by atoms with Crippen LogP contribution in [0, 0.1) is 10.1 Å². The van der Waals surface area contributed by atoms with Gasteiger partial charge in [-0.15, -0.1) is 0 Å². The van der Waals surface area contributed by atoms with Gasteiger partial charge in [-0.25, -0.2) is 4.99 Å². The molecule has 2 aromatic rings. The zero-order valence-corrected chi connectivity index (χ0v) is 13.9. The summed E-state index contributed by atoms with van der Waals surface area (Å²) in [5.41, 5.74) is 6.48. The number of hydrogen-bond donors (Lipinski definition) is 1. The van der Waals surface area contributed by atoms with Crippen molar-refractivity contribution in [2.75, 3.05) is 5.75 Å². The van der Waals surface area contributed by atoms with Gasteiger partial charge in [0.05, 0.1) is 10.6 Å². The lowest BCUT2D eigenvalue weighted by Crippen LogP contribution is -2.25. The summed E-state index contributed by atoms with van der Waals surface area (Å²) >= 11 is 1.48. The number of para-hydroxylation sites is 2. The van der Waals surface area contributed by atoms with Crippen molar-refractivity contribution in [3.8, 4) is 0 Å². The zero-order valence-electron chi connectivity index (χ0n) is 13.1. The summed E-state index contributed by atoms with van der Waals surface area (Å²) in [4.78, 5) is 14.9. The van der Waals surface area contributed by atoms with Crippen LogP contribution >= 0.6 is 11.8 Å². The molecule has 0 aromatic heterocycles. The van der Waals surface area contributed by atoms with Gasteiger partial charge in [0.1, 0.15) is 5.69 Å². The average molecular weight is 340 g/mol. The first-order chi connectivity index (χ1) is 11.7. The highest BCUT2D eigenvalue weighted by atomic mass is 32.2. The second-order valence-corrected chi connectivity index (χ2v) is 6.14. The lowest BCUT2D eigenvalue weighted by Gasteiger charge is -2.15. The number of nitro benzene ring substituents is 1. The number of nitro groups is 1. The number of hydrazone groups is 1. The number of benzene rings is 2. The summed E-state index contributed by atoms with van der Waals surface area (Å²) in [5.74, 6) is 0.665. The lowest BCUT2D eigenvalue weighted by molar-refractivity contribution is -0.384. The Balaban J connectivity index is 1.78. The number of nitrogens with zero attached hydrogens (tertiary/aromatic N) is 3. The standard InChI is InChI=1S/C17H16N4O2S/c1-2-12-7-9-13(10-8-12)15-11-24-17(20-19-15)18-14-5-3-4-6-16(14)21(22)23/h3-10H,2,11H2,1H3,(H,18,20). The van der Waals surface area contributed by atoms with Gasteiger partial charge < -0.3 is 0 Å². The first kappa shape index (κ1) is 16.2. The highest BCUT2D eigenvalue weighted by molar-refractivity contribution is 8.14. The zero-order chi connectivity index (χ0) is 16.9. The summed E-state index contributed by atoms with van der Waals surface area (Å²) in [6, 6.07) is 14.7. The molecule has 122 valence electrons. The Morgan fingerprint density at radius 2 is 2.00 bits per heavy atom. The van der Waals surface area contributed by atoms with Gasteiger partial charge >= 0.3 is 0 Å². The van der Waals surface area contributed by atoms with Crippen molar-refractivity contribution < 1.29 is 4.92 Å². The van der Waals surface area contributed by atoms with E-state index in [2.05, 4.69) is 46.7 Å². The molecule has 0 atom stereocenters. The van der Waals surface area contributed by atoms with Crippen molar-refractivity contribution in [2.45, 2.75) is 13.3 Å². The molecule has 1 N–H and O–H groups in total. The van der Waals surface area contributed by atoms with Crippen LogP contribution in [0.3, 0.4) is 0 Å². The Hall–Kier alpha value is -2.67. The predicted octanol–water partition coefficient (Wildman–Crippen LogP) is 3.89. The summed E-state index contributed by atoms with van der Waals surface area (Å²) in [6.07, 6.45) is 1.01. The Morgan fingerprint density at radius 1 is 1.25 bits per heavy atom. The van der Waals surface area contributed by atoms with Gasteiger partial charge in [-0.3, -0.25) is 15.5 Å². The molecule has 7 heteroatoms. The predicted molar refractivity (Wildman–Crippen MR) is 98.1 cm³/mol. The highest BCUT2D eigenvalue weighted by Gasteiger charge is 2.16. The topological polar surface area (TPSA) is 79.9 Å². The minimum Gasteiger partial charge on any atom is -0.258 e. The second kappa shape index (κ2) is 7.27. The van der Waals surface area contributed by atoms with Crippen molar-refractivity contribution in [1.29, 1.82) is 0 Å². The number of thioether (sulfide) groups is 1. The van der Waals surface area contributed by atoms with E-state index in [4.69, 9.17) is 0 Å². The van der Waals surface area contributed by atoms with Crippen LogP contribution in [0.15, 0.2) is 58.6 Å². The highest BCUT2D eigenvalue weighted by Crippen LogP contribution is 2.28. The number of aliphatic imine (C=N–C) groups is 1. The fraction of sp³-hybridized carbons (Fsp3) is 0.176. The molecular weight excluding hydrogens is 324 g/mol. The van der Waals surface area contributed by atoms with E-state index in [-0.39, 0.29) is 5.69 Å². The number of hydrogen-bond acceptors (Lipinski definition) is 5. The maximum absolute atomic E-state index is 11.0. The SMILES string of the molecule is CCc1ccc(C2=NNC(=Nc3ccccc3[N+](=O)[O-])SC2)cc1. The molecule has 1 aliphatic heterocycles. The van der Waals surface area contributed by atoms with Gasteiger partial charge in [-0.1, -0.05) is 55.1 Å². The van der Waals surface area contributed by atoms with Crippen LogP contribution in [0.4, 0.5) is 11.4 Å². The molecule has 3 rings (SSSR count). The normalized spacial score (nSPS) is 15.7. The molecule has 2 aromatic carbocycles. The van der Waals surface area contributed by atoms with Crippen LogP contribution in [0.25, 0.3) is 0 Å². The molecule has 0 saturated carbocycles. The van der Waals surface area contributed by atoms with Crippen LogP contribution in [0.2, 0.25) is 0 Å². The van der Waals surface area contributed by atoms with E-state index in [1.54, 1.807) is 18.2 Å². The molecule has 6 nitrogen and oxygen atoms in total. The van der Waals surface area contributed by atoms with E-state index in [0.717, 1.165) is 17.7 Å². The van der Waals surface area contributed by atoms with Crippen LogP contribution in [0.5, 0.6) is 0 Å². The largest absolute Gasteiger partial charge is 0.294 e. The molecule has 0 aliphatic carbocycles. The molecule has 0 unspecified atom stereocenters. The van der Waals surface area contributed by atoms with Gasteiger partial charge in [-0.2, -0.15) is 5.10 Å². The van der Waals surface area contributed by atoms with Crippen LogP contribution < -0.4 is 5.43 Å². The summed E-state index contributed by atoms with van der Waals surface area (Å²) < 4.78 is 0. The first-order valence-electron chi connectivity index (χ1n) is 7.54. The molecule has 1 heterocycles. The molecule has 0 amide bonds. The second-order valence-electron chi connectivity index (χ2n) is 5.17. The van der Waals surface area contributed by atoms with E-state index >= 15 is 0 Å². The van der Waals surface area contributed by atoms with E-state index in [1.165, 1.54) is 23.4 Å². The Kier molecular flexibility index (Phi) is 4.90. The van der Waals surface area contributed by atoms with Crippen LogP contribution in [0.1, 0.15) is 18.1 Å². The molecule has 24 heavy (non-hydrogen) atoms. The molecule has 0 saturated heterocycles. The van der Waals surface area contributed by atoms with Gasteiger partial charge in [0, 0.05) is 11.8 Å². The summed E-state index contributed by atoms with van der Waals surface area (Å²) in [7, 11) is 0. The third kappa shape index (κ3) is 3.62. The first-order valence-corrected chi connectivity index (χ1v) is 8.52. The van der Waals surface area contributed by atoms with Crippen molar-refractivity contribution in [1.82, 2.24) is 5.43 Å². The van der Waals surface area contributed by atoms with Crippen molar-refractivity contribution >= 4 is 34.0 Å². The number of rotatable bonds is 4. The monoisotopic (exact) mass is 340 g/mol. The molecule has 0 fully saturated rings. The fourth-order valence-electron chi connectivity index (χ4n) is 2.28. The summed E-state index contributed by atoms with van der Waals surface area (Å²) in [5, 5.41) is 15.9. The maximum Gasteiger partial charge on any atom is 0.294 e. The van der Waals surface area contributed by atoms with E-state index < -0.39 is 4.92 Å². The van der Waals surface area contributed by atoms with Crippen LogP contribution in [-0.4, -0.2) is 21.6 Å². The number of amidine groups is 1. The van der Waals surface area contributed by atoms with Gasteiger partial charge in [0.25, 0.3) is 5.69 Å². The van der Waals surface area contributed by atoms with Crippen molar-refractivity contribution in [2.24, 2.45) is 10.1 Å². The van der Waals surface area contributed by atoms with E-state index in [9.17, 15) is 10.1 Å². The lowest BCUT2D eigenvalue weighted by atomic mass is 10.1. The van der Waals surface area contributed by atoms with Gasteiger partial charge in [0.2, 0.25) is 0 Å². The molecule has 1 aliphatic rings. The minimum atomic E-state index is -0.434. The molecule has 0 radical (unpaired) electrons. The van der Waals surface area contributed by atoms with Gasteiger partial charge in [0.15, 0.2) is 5.17 Å². The molecular formula is C17H16N4O2S. The van der Waals surface area contributed by atoms with Gasteiger partial charge in [-0.05, 0) is 23.6 Å². The smallest absolute Gasteiger partial charge is 0.258 e. The fourth-order valence-corrected chi connectivity index (χ4v) is 3.05. The Morgan fingerprint density at radius 3 is 2.62 bits per heavy atom. The quantitative estimate of drug-likeness (QED) is 0.676. The maximum atomic E-state index is 11.0. The van der Waals surface area contributed by atoms with Crippen molar-refractivity contribution in [3.63, 3.8) is 0 Å². The van der Waals surface area contributed by atoms with Crippen molar-refractivity contribution in [3.05, 3.63) is 69.8 Å². The summed E-state index contributed by atoms with van der Waals surface area (Å²) in [6.45, 7) is 2.12. The third-order valence-corrected chi connectivity index (χ3v) is 4.50.